The molecule has 0 aliphatic carbocycles. The third kappa shape index (κ3) is 2.15. The van der Waals surface area contributed by atoms with Crippen LogP contribution >= 0.6 is 0 Å². The van der Waals surface area contributed by atoms with E-state index in [1.165, 1.54) is 0 Å². The molecule has 0 saturated carbocycles. The fourth-order valence-corrected chi connectivity index (χ4v) is 3.30. The Hall–Kier alpha value is -2.27. The van der Waals surface area contributed by atoms with Crippen molar-refractivity contribution in [1.82, 2.24) is 20.0 Å². The minimum absolute atomic E-state index is 0.0272. The fourth-order valence-electron chi connectivity index (χ4n) is 3.30. The van der Waals surface area contributed by atoms with Crippen LogP contribution in [0.3, 0.4) is 0 Å². The Bertz CT molecular complexity index is 831. The van der Waals surface area contributed by atoms with Gasteiger partial charge in [0.15, 0.2) is 0 Å². The van der Waals surface area contributed by atoms with E-state index < -0.39 is 0 Å². The average Bonchev–Trinajstić information content (AvgIpc) is 3.24. The zero-order chi connectivity index (χ0) is 16.1. The summed E-state index contributed by atoms with van der Waals surface area (Å²) in [6.45, 7) is 7.34. The lowest BCUT2D eigenvalue weighted by molar-refractivity contribution is 0.108. The second-order valence-corrected chi connectivity index (χ2v) is 7.14. The van der Waals surface area contributed by atoms with E-state index in [-0.39, 0.29) is 17.1 Å². The maximum absolute atomic E-state index is 6.03. The van der Waals surface area contributed by atoms with Crippen LogP contribution < -0.4 is 0 Å². The van der Waals surface area contributed by atoms with Gasteiger partial charge < -0.3 is 4.74 Å². The number of benzene rings is 1. The normalized spacial score (nSPS) is 22.2. The third-order valence-electron chi connectivity index (χ3n) is 4.79. The van der Waals surface area contributed by atoms with Crippen molar-refractivity contribution in [3.8, 4) is 0 Å². The van der Waals surface area contributed by atoms with Crippen molar-refractivity contribution in [1.29, 1.82) is 0 Å². The van der Waals surface area contributed by atoms with Crippen LogP contribution in [0.5, 0.6) is 0 Å². The molecule has 0 radical (unpaired) electrons. The Labute approximate surface area is 135 Å². The van der Waals surface area contributed by atoms with Gasteiger partial charge in [0.05, 0.1) is 12.1 Å². The number of ether oxygens (including phenoxy) is 1. The number of pyridine rings is 1. The molecule has 0 unspecified atom stereocenters. The summed E-state index contributed by atoms with van der Waals surface area (Å²) >= 11 is 0. The Morgan fingerprint density at radius 2 is 1.96 bits per heavy atom. The molecule has 5 heteroatoms. The molecule has 5 nitrogen and oxygen atoms in total. The van der Waals surface area contributed by atoms with E-state index in [4.69, 9.17) is 4.74 Å². The molecule has 1 fully saturated rings. The summed E-state index contributed by atoms with van der Waals surface area (Å²) in [6, 6.07) is 12.0. The maximum Gasteiger partial charge on any atom is 0.123 e. The van der Waals surface area contributed by atoms with E-state index in [0.717, 1.165) is 16.6 Å². The van der Waals surface area contributed by atoms with Crippen LogP contribution in [0.15, 0.2) is 48.8 Å². The summed E-state index contributed by atoms with van der Waals surface area (Å²) in [6.07, 6.45) is 3.69. The predicted octanol–water partition coefficient (Wildman–Crippen LogP) is 3.23. The highest BCUT2D eigenvalue weighted by Crippen LogP contribution is 2.54. The van der Waals surface area contributed by atoms with Crippen LogP contribution in [0.4, 0.5) is 0 Å². The Balaban J connectivity index is 1.94. The van der Waals surface area contributed by atoms with Gasteiger partial charge in [-0.05, 0) is 29.2 Å². The van der Waals surface area contributed by atoms with E-state index in [9.17, 15) is 0 Å². The van der Waals surface area contributed by atoms with Crippen LogP contribution in [0.1, 0.15) is 32.4 Å². The first-order valence-corrected chi connectivity index (χ1v) is 7.87. The van der Waals surface area contributed by atoms with Gasteiger partial charge in [-0.15, -0.1) is 5.10 Å². The molecule has 3 aromatic rings. The molecule has 118 valence electrons. The van der Waals surface area contributed by atoms with Gasteiger partial charge in [0.25, 0.3) is 0 Å². The van der Waals surface area contributed by atoms with E-state index in [0.29, 0.717) is 6.61 Å². The standard InChI is InChI=1S/C18H20N4O/c1-17(2,3)18(12-23-18)16(13-7-6-10-19-11-13)22-15-9-5-4-8-14(15)20-21-22/h4-11,16H,12H2,1-3H3/t16-,18+/m0/s1. The number of hydrogen-bond donors (Lipinski definition) is 0. The Kier molecular flexibility index (Phi) is 3.03. The fraction of sp³-hybridized carbons (Fsp3) is 0.389. The van der Waals surface area contributed by atoms with Crippen LogP contribution in [0.2, 0.25) is 0 Å². The van der Waals surface area contributed by atoms with Crippen molar-refractivity contribution in [3.63, 3.8) is 0 Å². The highest BCUT2D eigenvalue weighted by Gasteiger charge is 2.61. The number of aromatic nitrogens is 4. The van der Waals surface area contributed by atoms with Crippen LogP contribution in [0, 0.1) is 5.41 Å². The highest BCUT2D eigenvalue weighted by atomic mass is 16.6. The van der Waals surface area contributed by atoms with Gasteiger partial charge in [-0.3, -0.25) is 4.98 Å². The first-order valence-electron chi connectivity index (χ1n) is 7.87. The molecular formula is C18H20N4O. The minimum atomic E-state index is -0.299. The molecule has 0 spiro atoms. The molecule has 4 rings (SSSR count). The molecule has 0 N–H and O–H groups in total. The number of nitrogens with zero attached hydrogens (tertiary/aromatic N) is 4. The molecule has 0 amide bonds. The van der Waals surface area contributed by atoms with Gasteiger partial charge in [0.1, 0.15) is 17.2 Å². The summed E-state index contributed by atoms with van der Waals surface area (Å²) in [5.74, 6) is 0. The summed E-state index contributed by atoms with van der Waals surface area (Å²) in [4.78, 5) is 4.30. The predicted molar refractivity (Wildman–Crippen MR) is 88.0 cm³/mol. The molecule has 2 atom stereocenters. The summed E-state index contributed by atoms with van der Waals surface area (Å²) in [5.41, 5.74) is 2.68. The average molecular weight is 308 g/mol. The van der Waals surface area contributed by atoms with Crippen LogP contribution in [-0.2, 0) is 4.74 Å². The third-order valence-corrected chi connectivity index (χ3v) is 4.79. The Morgan fingerprint density at radius 3 is 2.61 bits per heavy atom. The van der Waals surface area contributed by atoms with Gasteiger partial charge in [-0.1, -0.05) is 44.2 Å². The summed E-state index contributed by atoms with van der Waals surface area (Å²) in [7, 11) is 0. The number of hydrogen-bond acceptors (Lipinski definition) is 4. The summed E-state index contributed by atoms with van der Waals surface area (Å²) in [5, 5.41) is 8.78. The van der Waals surface area contributed by atoms with Gasteiger partial charge in [0, 0.05) is 12.4 Å². The highest BCUT2D eigenvalue weighted by molar-refractivity contribution is 5.74. The number of para-hydroxylation sites is 1. The van der Waals surface area contributed by atoms with Gasteiger partial charge >= 0.3 is 0 Å². The zero-order valence-electron chi connectivity index (χ0n) is 13.6. The van der Waals surface area contributed by atoms with Crippen LogP contribution in [0.25, 0.3) is 11.0 Å². The van der Waals surface area contributed by atoms with Crippen molar-refractivity contribution in [2.75, 3.05) is 6.61 Å². The van der Waals surface area contributed by atoms with E-state index >= 15 is 0 Å². The second-order valence-electron chi connectivity index (χ2n) is 7.14. The van der Waals surface area contributed by atoms with E-state index in [1.807, 2.05) is 35.1 Å². The molecule has 2 aromatic heterocycles. The minimum Gasteiger partial charge on any atom is -0.366 e. The number of fused-ring (bicyclic) bond motifs is 1. The van der Waals surface area contributed by atoms with Crippen molar-refractivity contribution < 1.29 is 4.74 Å². The summed E-state index contributed by atoms with van der Waals surface area (Å²) < 4.78 is 8.02. The molecule has 1 aliphatic rings. The molecular weight excluding hydrogens is 288 g/mol. The van der Waals surface area contributed by atoms with Gasteiger partial charge in [0.2, 0.25) is 0 Å². The van der Waals surface area contributed by atoms with Crippen molar-refractivity contribution in [2.24, 2.45) is 5.41 Å². The van der Waals surface area contributed by atoms with E-state index in [2.05, 4.69) is 48.2 Å². The zero-order valence-corrected chi connectivity index (χ0v) is 13.6. The van der Waals surface area contributed by atoms with Crippen LogP contribution in [-0.4, -0.2) is 32.2 Å². The largest absolute Gasteiger partial charge is 0.366 e. The SMILES string of the molecule is CC(C)(C)[C@]1([C@H](c2cccnc2)n2nnc3ccccc32)CO1. The van der Waals surface area contributed by atoms with Gasteiger partial charge in [-0.2, -0.15) is 0 Å². The topological polar surface area (TPSA) is 56.1 Å². The van der Waals surface area contributed by atoms with Crippen molar-refractivity contribution >= 4 is 11.0 Å². The number of rotatable bonds is 3. The molecule has 23 heavy (non-hydrogen) atoms. The van der Waals surface area contributed by atoms with Crippen molar-refractivity contribution in [2.45, 2.75) is 32.4 Å². The van der Waals surface area contributed by atoms with Crippen molar-refractivity contribution in [3.05, 3.63) is 54.4 Å². The lowest BCUT2D eigenvalue weighted by Crippen LogP contribution is -2.40. The van der Waals surface area contributed by atoms with E-state index in [1.54, 1.807) is 6.20 Å². The first-order chi connectivity index (χ1) is 11.0. The smallest absolute Gasteiger partial charge is 0.123 e. The quantitative estimate of drug-likeness (QED) is 0.697. The Morgan fingerprint density at radius 1 is 1.17 bits per heavy atom. The number of epoxide rings is 1. The molecule has 1 aliphatic heterocycles. The molecule has 0 bridgehead atoms. The monoisotopic (exact) mass is 308 g/mol. The molecule has 1 saturated heterocycles. The molecule has 1 aromatic carbocycles. The second kappa shape index (κ2) is 4.86. The maximum atomic E-state index is 6.03. The lowest BCUT2D eigenvalue weighted by Gasteiger charge is -2.34. The first kappa shape index (κ1) is 14.3. The lowest BCUT2D eigenvalue weighted by atomic mass is 9.74. The van der Waals surface area contributed by atoms with Gasteiger partial charge in [-0.25, -0.2) is 4.68 Å². The molecule has 3 heterocycles.